The quantitative estimate of drug-likeness (QED) is 0.588. The summed E-state index contributed by atoms with van der Waals surface area (Å²) in [4.78, 5) is 34.4. The second-order valence-corrected chi connectivity index (χ2v) is 8.10. The van der Waals surface area contributed by atoms with Crippen molar-refractivity contribution in [2.45, 2.75) is 25.7 Å². The van der Waals surface area contributed by atoms with Gasteiger partial charge in [-0.15, -0.1) is 22.7 Å². The average Bonchev–Trinajstić information content (AvgIpc) is 3.38. The molecule has 7 nitrogen and oxygen atoms in total. The van der Waals surface area contributed by atoms with Crippen LogP contribution in [0.2, 0.25) is 0 Å². The lowest BCUT2D eigenvalue weighted by molar-refractivity contribution is -0.145. The van der Waals surface area contributed by atoms with Crippen LogP contribution in [0.3, 0.4) is 0 Å². The lowest BCUT2D eigenvalue weighted by Gasteiger charge is -2.07. The predicted octanol–water partition coefficient (Wildman–Crippen LogP) is 4.19. The Morgan fingerprint density at radius 2 is 2.04 bits per heavy atom. The summed E-state index contributed by atoms with van der Waals surface area (Å²) in [7, 11) is 0. The van der Waals surface area contributed by atoms with Gasteiger partial charge in [0.1, 0.15) is 11.6 Å². The van der Waals surface area contributed by atoms with Crippen LogP contribution >= 0.6 is 22.7 Å². The first-order valence-electron chi connectivity index (χ1n) is 8.89. The largest absolute Gasteiger partial charge is 0.465 e. The van der Waals surface area contributed by atoms with E-state index in [1.165, 1.54) is 22.7 Å². The van der Waals surface area contributed by atoms with Crippen LogP contribution in [0.25, 0.3) is 0 Å². The molecular formula is C19H18N4O3S2. The summed E-state index contributed by atoms with van der Waals surface area (Å²) in [5.41, 5.74) is 1.95. The first kappa shape index (κ1) is 18.6. The molecule has 1 aliphatic carbocycles. The molecule has 0 bridgehead atoms. The molecule has 2 aromatic heterocycles. The number of hydrogen-bond donors (Lipinski definition) is 2. The average molecular weight is 415 g/mol. The van der Waals surface area contributed by atoms with E-state index in [9.17, 15) is 9.59 Å². The molecule has 0 saturated carbocycles. The number of carbonyl (C=O) groups is 2. The number of fused-ring (bicyclic) bond motifs is 1. The number of nitrogens with one attached hydrogen (secondary N) is 2. The van der Waals surface area contributed by atoms with Gasteiger partial charge >= 0.3 is 5.97 Å². The van der Waals surface area contributed by atoms with Crippen LogP contribution in [-0.4, -0.2) is 28.5 Å². The Morgan fingerprint density at radius 1 is 1.21 bits per heavy atom. The fourth-order valence-electron chi connectivity index (χ4n) is 2.99. The summed E-state index contributed by atoms with van der Waals surface area (Å²) in [6.07, 6.45) is 1.48. The van der Waals surface area contributed by atoms with E-state index in [-0.39, 0.29) is 17.8 Å². The number of aryl methyl sites for hydroxylation is 1. The van der Waals surface area contributed by atoms with Gasteiger partial charge in [0.25, 0.3) is 5.91 Å². The second kappa shape index (κ2) is 8.07. The van der Waals surface area contributed by atoms with Crippen molar-refractivity contribution in [3.8, 4) is 0 Å². The van der Waals surface area contributed by atoms with Crippen molar-refractivity contribution in [1.29, 1.82) is 0 Å². The molecule has 2 heterocycles. The van der Waals surface area contributed by atoms with Gasteiger partial charge in [-0.2, -0.15) is 0 Å². The minimum absolute atomic E-state index is 0.249. The monoisotopic (exact) mass is 414 g/mol. The van der Waals surface area contributed by atoms with Crippen LogP contribution in [0.15, 0.2) is 35.7 Å². The maximum Gasteiger partial charge on any atom is 0.315 e. The van der Waals surface area contributed by atoms with E-state index in [1.807, 2.05) is 30.3 Å². The number of hydrogen-bond acceptors (Lipinski definition) is 8. The number of esters is 1. The number of para-hydroxylation sites is 1. The van der Waals surface area contributed by atoms with E-state index < -0.39 is 0 Å². The lowest BCUT2D eigenvalue weighted by Crippen LogP contribution is -2.15. The summed E-state index contributed by atoms with van der Waals surface area (Å²) in [5.74, 6) is -0.907. The van der Waals surface area contributed by atoms with E-state index in [0.717, 1.165) is 22.7 Å². The van der Waals surface area contributed by atoms with E-state index in [4.69, 9.17) is 4.74 Å². The highest BCUT2D eigenvalue weighted by Gasteiger charge is 2.33. The first-order valence-corrected chi connectivity index (χ1v) is 10.6. The van der Waals surface area contributed by atoms with Crippen LogP contribution in [0.4, 0.5) is 16.0 Å². The van der Waals surface area contributed by atoms with Gasteiger partial charge in [-0.3, -0.25) is 14.9 Å². The molecular weight excluding hydrogens is 396 g/mol. The molecule has 0 spiro atoms. The number of amides is 1. The van der Waals surface area contributed by atoms with Gasteiger partial charge in [-0.05, 0) is 31.9 Å². The molecule has 0 aliphatic heterocycles. The molecule has 1 aromatic carbocycles. The zero-order valence-corrected chi connectivity index (χ0v) is 16.7. The van der Waals surface area contributed by atoms with Crippen LogP contribution < -0.4 is 10.6 Å². The van der Waals surface area contributed by atoms with E-state index in [1.54, 1.807) is 12.3 Å². The van der Waals surface area contributed by atoms with Crippen LogP contribution in [-0.2, 0) is 16.0 Å². The fraction of sp³-hybridized carbons (Fsp3) is 0.263. The zero-order chi connectivity index (χ0) is 19.5. The van der Waals surface area contributed by atoms with E-state index >= 15 is 0 Å². The Labute approximate surface area is 169 Å². The SMILES string of the molecule is CCOC(=O)C1CCc2sc(NC(=O)c3csc(Nc4ccccc4)n3)nc21. The number of benzene rings is 1. The van der Waals surface area contributed by atoms with Crippen molar-refractivity contribution >= 4 is 50.5 Å². The topological polar surface area (TPSA) is 93.2 Å². The lowest BCUT2D eigenvalue weighted by atomic mass is 10.1. The molecule has 1 unspecified atom stereocenters. The Morgan fingerprint density at radius 3 is 2.82 bits per heavy atom. The van der Waals surface area contributed by atoms with Gasteiger partial charge in [0.15, 0.2) is 10.3 Å². The molecule has 3 aromatic rings. The molecule has 1 atom stereocenters. The number of carbonyl (C=O) groups excluding carboxylic acids is 2. The molecule has 9 heteroatoms. The van der Waals surface area contributed by atoms with Gasteiger partial charge in [0.05, 0.1) is 12.3 Å². The van der Waals surface area contributed by atoms with Crippen molar-refractivity contribution in [3.63, 3.8) is 0 Å². The fourth-order valence-corrected chi connectivity index (χ4v) is 4.74. The highest BCUT2D eigenvalue weighted by Crippen LogP contribution is 2.39. The highest BCUT2D eigenvalue weighted by atomic mass is 32.1. The maximum atomic E-state index is 12.5. The van der Waals surface area contributed by atoms with Crippen molar-refractivity contribution in [2.24, 2.45) is 0 Å². The summed E-state index contributed by atoms with van der Waals surface area (Å²) >= 11 is 2.76. The summed E-state index contributed by atoms with van der Waals surface area (Å²) < 4.78 is 5.12. The third-order valence-electron chi connectivity index (χ3n) is 4.27. The van der Waals surface area contributed by atoms with E-state index in [0.29, 0.717) is 29.0 Å². The normalized spacial score (nSPS) is 15.1. The van der Waals surface area contributed by atoms with Gasteiger partial charge in [-0.25, -0.2) is 9.97 Å². The Balaban J connectivity index is 1.42. The second-order valence-electron chi connectivity index (χ2n) is 6.15. The molecule has 0 fully saturated rings. The number of rotatable bonds is 6. The summed E-state index contributed by atoms with van der Waals surface area (Å²) in [5, 5.41) is 8.77. The van der Waals surface area contributed by atoms with Gasteiger partial charge in [0, 0.05) is 15.9 Å². The van der Waals surface area contributed by atoms with Gasteiger partial charge in [-0.1, -0.05) is 18.2 Å². The highest BCUT2D eigenvalue weighted by molar-refractivity contribution is 7.16. The molecule has 0 saturated heterocycles. The maximum absolute atomic E-state index is 12.5. The van der Waals surface area contributed by atoms with Gasteiger partial charge < -0.3 is 10.1 Å². The summed E-state index contributed by atoms with van der Waals surface area (Å²) in [6, 6.07) is 9.64. The Kier molecular flexibility index (Phi) is 5.36. The number of nitrogens with zero attached hydrogens (tertiary/aromatic N) is 2. The number of thiazole rings is 2. The van der Waals surface area contributed by atoms with Gasteiger partial charge in [0.2, 0.25) is 0 Å². The molecule has 0 radical (unpaired) electrons. The van der Waals surface area contributed by atoms with Crippen LogP contribution in [0, 0.1) is 0 Å². The Bertz CT molecular complexity index is 1000. The molecule has 2 N–H and O–H groups in total. The minimum Gasteiger partial charge on any atom is -0.465 e. The number of aromatic nitrogens is 2. The predicted molar refractivity (Wildman–Crippen MR) is 110 cm³/mol. The molecule has 28 heavy (non-hydrogen) atoms. The summed E-state index contributed by atoms with van der Waals surface area (Å²) in [6.45, 7) is 2.14. The molecule has 144 valence electrons. The molecule has 1 aliphatic rings. The zero-order valence-electron chi connectivity index (χ0n) is 15.1. The third-order valence-corrected chi connectivity index (χ3v) is 6.08. The van der Waals surface area contributed by atoms with Crippen molar-refractivity contribution in [2.75, 3.05) is 17.2 Å². The smallest absolute Gasteiger partial charge is 0.315 e. The third kappa shape index (κ3) is 3.90. The molecule has 1 amide bonds. The van der Waals surface area contributed by atoms with Crippen LogP contribution in [0.1, 0.15) is 40.3 Å². The van der Waals surface area contributed by atoms with E-state index in [2.05, 4.69) is 20.6 Å². The number of anilines is 3. The van der Waals surface area contributed by atoms with Crippen molar-refractivity contribution in [3.05, 3.63) is 52.0 Å². The molecule has 4 rings (SSSR count). The first-order chi connectivity index (χ1) is 13.6. The standard InChI is InChI=1S/C19H18N4O3S2/c1-2-26-17(25)12-8-9-14-15(12)22-19(28-14)23-16(24)13-10-27-18(21-13)20-11-6-4-3-5-7-11/h3-7,10,12H,2,8-9H2,1H3,(H,20,21)(H,22,23,24). The number of ether oxygens (including phenoxy) is 1. The minimum atomic E-state index is -0.335. The van der Waals surface area contributed by atoms with Crippen molar-refractivity contribution in [1.82, 2.24) is 9.97 Å². The Hall–Kier alpha value is -2.78. The van der Waals surface area contributed by atoms with Crippen molar-refractivity contribution < 1.29 is 14.3 Å². The van der Waals surface area contributed by atoms with Crippen LogP contribution in [0.5, 0.6) is 0 Å².